The van der Waals surface area contributed by atoms with Gasteiger partial charge in [-0.2, -0.15) is 5.10 Å². The predicted molar refractivity (Wildman–Crippen MR) is 130 cm³/mol. The minimum Gasteiger partial charge on any atom is -0.482 e. The standard InChI is InChI=1S/C26H26N4O4/c1-16(2)30-25-22(14-27-30)21(13-23(29-25)18-7-5-17(3)6-8-18)26(32)28-19-9-11-20(12-10-19)34-15-24(31)33-4/h5-14,16H,15H2,1-4H3,(H,28,32). The minimum absolute atomic E-state index is 0.0895. The van der Waals surface area contributed by atoms with Crippen molar-refractivity contribution in [3.8, 4) is 17.0 Å². The molecular formula is C26H26N4O4. The Morgan fingerprint density at radius 1 is 1.06 bits per heavy atom. The number of aromatic nitrogens is 3. The van der Waals surface area contributed by atoms with Gasteiger partial charge in [0.25, 0.3) is 5.91 Å². The third kappa shape index (κ3) is 4.91. The zero-order valence-corrected chi connectivity index (χ0v) is 19.5. The molecule has 0 bridgehead atoms. The van der Waals surface area contributed by atoms with Crippen LogP contribution >= 0.6 is 0 Å². The number of anilines is 1. The molecule has 1 N–H and O–H groups in total. The molecule has 1 amide bonds. The number of benzene rings is 2. The predicted octanol–water partition coefficient (Wildman–Crippen LogP) is 4.79. The molecular weight excluding hydrogens is 432 g/mol. The number of amides is 1. The van der Waals surface area contributed by atoms with Crippen LogP contribution in [-0.4, -0.2) is 40.4 Å². The molecule has 4 aromatic rings. The molecule has 0 unspecified atom stereocenters. The third-order valence-corrected chi connectivity index (χ3v) is 5.34. The highest BCUT2D eigenvalue weighted by molar-refractivity contribution is 6.12. The summed E-state index contributed by atoms with van der Waals surface area (Å²) in [6.45, 7) is 5.89. The van der Waals surface area contributed by atoms with Crippen molar-refractivity contribution >= 4 is 28.6 Å². The van der Waals surface area contributed by atoms with Crippen LogP contribution in [0, 0.1) is 6.92 Å². The molecule has 8 nitrogen and oxygen atoms in total. The summed E-state index contributed by atoms with van der Waals surface area (Å²) in [7, 11) is 1.30. The lowest BCUT2D eigenvalue weighted by Gasteiger charge is -2.12. The van der Waals surface area contributed by atoms with Gasteiger partial charge in [0.2, 0.25) is 0 Å². The molecule has 0 saturated heterocycles. The SMILES string of the molecule is COC(=O)COc1ccc(NC(=O)c2cc(-c3ccc(C)cc3)nc3c2cnn3C(C)C)cc1. The van der Waals surface area contributed by atoms with Crippen LogP contribution in [0.15, 0.2) is 60.8 Å². The second kappa shape index (κ2) is 9.74. The molecule has 0 aliphatic rings. The van der Waals surface area contributed by atoms with E-state index in [0.29, 0.717) is 33.7 Å². The first-order valence-electron chi connectivity index (χ1n) is 10.9. The molecule has 4 rings (SSSR count). The molecule has 8 heteroatoms. The topological polar surface area (TPSA) is 95.3 Å². The number of rotatable bonds is 7. The molecule has 0 atom stereocenters. The largest absolute Gasteiger partial charge is 0.482 e. The van der Waals surface area contributed by atoms with Gasteiger partial charge in [-0.15, -0.1) is 0 Å². The summed E-state index contributed by atoms with van der Waals surface area (Å²) in [5.74, 6) is -0.243. The van der Waals surface area contributed by atoms with E-state index in [-0.39, 0.29) is 18.6 Å². The van der Waals surface area contributed by atoms with E-state index in [9.17, 15) is 9.59 Å². The number of hydrogen-bond acceptors (Lipinski definition) is 6. The molecule has 0 saturated carbocycles. The van der Waals surface area contributed by atoms with Crippen LogP contribution < -0.4 is 10.1 Å². The lowest BCUT2D eigenvalue weighted by molar-refractivity contribution is -0.142. The fourth-order valence-corrected chi connectivity index (χ4v) is 3.49. The number of fused-ring (bicyclic) bond motifs is 1. The summed E-state index contributed by atoms with van der Waals surface area (Å²) < 4.78 is 11.7. The number of carbonyl (C=O) groups excluding carboxylic acids is 2. The smallest absolute Gasteiger partial charge is 0.343 e. The van der Waals surface area contributed by atoms with Crippen molar-refractivity contribution in [1.29, 1.82) is 0 Å². The van der Waals surface area contributed by atoms with E-state index in [0.717, 1.165) is 11.1 Å². The van der Waals surface area contributed by atoms with Crippen LogP contribution in [0.25, 0.3) is 22.3 Å². The Bertz CT molecular complexity index is 1330. The van der Waals surface area contributed by atoms with Gasteiger partial charge in [-0.3, -0.25) is 4.79 Å². The number of pyridine rings is 1. The average molecular weight is 459 g/mol. The van der Waals surface area contributed by atoms with Crippen LogP contribution in [0.2, 0.25) is 0 Å². The maximum absolute atomic E-state index is 13.3. The first-order valence-corrected chi connectivity index (χ1v) is 10.9. The lowest BCUT2D eigenvalue weighted by atomic mass is 10.0. The van der Waals surface area contributed by atoms with Crippen LogP contribution in [0.5, 0.6) is 5.75 Å². The average Bonchev–Trinajstić information content (AvgIpc) is 3.27. The number of nitrogens with one attached hydrogen (secondary N) is 1. The van der Waals surface area contributed by atoms with Gasteiger partial charge >= 0.3 is 5.97 Å². The molecule has 34 heavy (non-hydrogen) atoms. The van der Waals surface area contributed by atoms with Gasteiger partial charge in [-0.1, -0.05) is 29.8 Å². The highest BCUT2D eigenvalue weighted by Crippen LogP contribution is 2.27. The van der Waals surface area contributed by atoms with Gasteiger partial charge in [0.1, 0.15) is 5.75 Å². The Morgan fingerprint density at radius 2 is 1.76 bits per heavy atom. The Balaban J connectivity index is 1.65. The van der Waals surface area contributed by atoms with E-state index in [2.05, 4.69) is 15.2 Å². The Morgan fingerprint density at radius 3 is 2.41 bits per heavy atom. The number of nitrogens with zero attached hydrogens (tertiary/aromatic N) is 3. The molecule has 2 heterocycles. The molecule has 0 radical (unpaired) electrons. The molecule has 174 valence electrons. The van der Waals surface area contributed by atoms with Gasteiger partial charge in [-0.05, 0) is 51.1 Å². The quantitative estimate of drug-likeness (QED) is 0.400. The summed E-state index contributed by atoms with van der Waals surface area (Å²) in [6, 6.07) is 16.7. The highest BCUT2D eigenvalue weighted by atomic mass is 16.6. The molecule has 2 aromatic carbocycles. The highest BCUT2D eigenvalue weighted by Gasteiger charge is 2.19. The van der Waals surface area contributed by atoms with E-state index in [1.54, 1.807) is 36.5 Å². The summed E-state index contributed by atoms with van der Waals surface area (Å²) >= 11 is 0. The Hall–Kier alpha value is -4.20. The summed E-state index contributed by atoms with van der Waals surface area (Å²) in [5, 5.41) is 8.08. The van der Waals surface area contributed by atoms with E-state index >= 15 is 0 Å². The molecule has 2 aromatic heterocycles. The monoisotopic (exact) mass is 458 g/mol. The van der Waals surface area contributed by atoms with Crippen molar-refractivity contribution < 1.29 is 19.1 Å². The number of carbonyl (C=O) groups is 2. The van der Waals surface area contributed by atoms with Crippen molar-refractivity contribution in [3.63, 3.8) is 0 Å². The maximum Gasteiger partial charge on any atom is 0.343 e. The summed E-state index contributed by atoms with van der Waals surface area (Å²) in [5.41, 5.74) is 4.50. The van der Waals surface area contributed by atoms with Crippen molar-refractivity contribution in [3.05, 3.63) is 71.9 Å². The van der Waals surface area contributed by atoms with Crippen LogP contribution in [0.4, 0.5) is 5.69 Å². The zero-order chi connectivity index (χ0) is 24.2. The lowest BCUT2D eigenvalue weighted by Crippen LogP contribution is -2.14. The van der Waals surface area contributed by atoms with Crippen LogP contribution in [0.3, 0.4) is 0 Å². The van der Waals surface area contributed by atoms with Crippen LogP contribution in [-0.2, 0) is 9.53 Å². The zero-order valence-electron chi connectivity index (χ0n) is 19.5. The molecule has 0 aliphatic heterocycles. The van der Waals surface area contributed by atoms with Gasteiger partial charge in [0.15, 0.2) is 12.3 Å². The molecule has 0 aliphatic carbocycles. The Kier molecular flexibility index (Phi) is 6.58. The van der Waals surface area contributed by atoms with E-state index in [1.165, 1.54) is 7.11 Å². The third-order valence-electron chi connectivity index (χ3n) is 5.34. The van der Waals surface area contributed by atoms with Gasteiger partial charge in [0.05, 0.1) is 30.0 Å². The number of aryl methyl sites for hydroxylation is 1. The fraction of sp³-hybridized carbons (Fsp3) is 0.231. The van der Waals surface area contributed by atoms with Crippen molar-refractivity contribution in [2.75, 3.05) is 19.0 Å². The normalized spacial score (nSPS) is 11.0. The van der Waals surface area contributed by atoms with Crippen molar-refractivity contribution in [2.24, 2.45) is 0 Å². The van der Waals surface area contributed by atoms with Crippen molar-refractivity contribution in [2.45, 2.75) is 26.8 Å². The second-order valence-corrected chi connectivity index (χ2v) is 8.18. The molecule has 0 spiro atoms. The van der Waals surface area contributed by atoms with Crippen LogP contribution in [0.1, 0.15) is 35.8 Å². The van der Waals surface area contributed by atoms with Gasteiger partial charge < -0.3 is 14.8 Å². The van der Waals surface area contributed by atoms with E-state index in [1.807, 2.05) is 49.7 Å². The number of hydrogen-bond donors (Lipinski definition) is 1. The van der Waals surface area contributed by atoms with E-state index in [4.69, 9.17) is 9.72 Å². The number of esters is 1. The first kappa shape index (κ1) is 23.0. The summed E-state index contributed by atoms with van der Waals surface area (Å²) in [4.78, 5) is 29.4. The van der Waals surface area contributed by atoms with Gasteiger partial charge in [0, 0.05) is 17.3 Å². The minimum atomic E-state index is -0.467. The number of ether oxygens (including phenoxy) is 2. The van der Waals surface area contributed by atoms with Gasteiger partial charge in [-0.25, -0.2) is 14.5 Å². The maximum atomic E-state index is 13.3. The molecule has 0 fully saturated rings. The van der Waals surface area contributed by atoms with E-state index < -0.39 is 5.97 Å². The van der Waals surface area contributed by atoms with Crippen molar-refractivity contribution in [1.82, 2.24) is 14.8 Å². The second-order valence-electron chi connectivity index (χ2n) is 8.18. The number of methoxy groups -OCH3 is 1. The summed E-state index contributed by atoms with van der Waals surface area (Å²) in [6.07, 6.45) is 1.68. The first-order chi connectivity index (χ1) is 16.4. The Labute approximate surface area is 197 Å². The fourth-order valence-electron chi connectivity index (χ4n) is 3.49.